The second kappa shape index (κ2) is 9.36. The van der Waals surface area contributed by atoms with Crippen molar-refractivity contribution in [2.45, 2.75) is 13.5 Å². The number of rotatable bonds is 6. The zero-order chi connectivity index (χ0) is 20.9. The summed E-state index contributed by atoms with van der Waals surface area (Å²) in [5.74, 6) is 1.66. The molecule has 0 aliphatic carbocycles. The summed E-state index contributed by atoms with van der Waals surface area (Å²) in [6.07, 6.45) is 0. The first-order valence-electron chi connectivity index (χ1n) is 9.91. The molecule has 1 aromatic heterocycles. The minimum atomic E-state index is 0.0650. The van der Waals surface area contributed by atoms with Gasteiger partial charge < -0.3 is 9.64 Å². The molecule has 1 saturated heterocycles. The third-order valence-electron chi connectivity index (χ3n) is 5.02. The Bertz CT molecular complexity index is 999. The highest BCUT2D eigenvalue weighted by atomic mass is 79.9. The first-order valence-corrected chi connectivity index (χ1v) is 10.7. The van der Waals surface area contributed by atoms with E-state index >= 15 is 0 Å². The molecule has 0 saturated carbocycles. The Balaban J connectivity index is 1.37. The van der Waals surface area contributed by atoms with Crippen LogP contribution in [-0.4, -0.2) is 68.7 Å². The molecule has 30 heavy (non-hydrogen) atoms. The summed E-state index contributed by atoms with van der Waals surface area (Å²) in [5.41, 5.74) is 1.60. The SMILES string of the molecule is CCOc1ccc(-n2nnnc2CN2CCN(C(=O)c3cccc(Br)c3)CC2)cc1. The lowest BCUT2D eigenvalue weighted by molar-refractivity contribution is 0.0624. The summed E-state index contributed by atoms with van der Waals surface area (Å²) in [6, 6.07) is 15.2. The normalized spacial score (nSPS) is 14.7. The average molecular weight is 471 g/mol. The van der Waals surface area contributed by atoms with Gasteiger partial charge in [0.2, 0.25) is 0 Å². The molecule has 0 radical (unpaired) electrons. The first kappa shape index (κ1) is 20.5. The number of hydrogen-bond acceptors (Lipinski definition) is 6. The van der Waals surface area contributed by atoms with Crippen LogP contribution in [0.3, 0.4) is 0 Å². The van der Waals surface area contributed by atoms with E-state index in [0.29, 0.717) is 31.8 Å². The Morgan fingerprint density at radius 1 is 1.10 bits per heavy atom. The van der Waals surface area contributed by atoms with Crippen molar-refractivity contribution in [3.05, 3.63) is 64.4 Å². The number of aromatic nitrogens is 4. The van der Waals surface area contributed by atoms with E-state index in [9.17, 15) is 4.79 Å². The molecule has 0 atom stereocenters. The van der Waals surface area contributed by atoms with Crippen LogP contribution in [0.1, 0.15) is 23.1 Å². The van der Waals surface area contributed by atoms with Gasteiger partial charge in [-0.25, -0.2) is 0 Å². The summed E-state index contributed by atoms with van der Waals surface area (Å²) < 4.78 is 8.15. The van der Waals surface area contributed by atoms with E-state index in [-0.39, 0.29) is 5.91 Å². The third-order valence-corrected chi connectivity index (χ3v) is 5.52. The van der Waals surface area contributed by atoms with Gasteiger partial charge in [-0.1, -0.05) is 22.0 Å². The van der Waals surface area contributed by atoms with Gasteiger partial charge in [-0.15, -0.1) is 5.10 Å². The molecule has 3 aromatic rings. The Morgan fingerprint density at radius 2 is 1.87 bits per heavy atom. The second-order valence-electron chi connectivity index (χ2n) is 7.01. The van der Waals surface area contributed by atoms with E-state index in [2.05, 4.69) is 36.4 Å². The summed E-state index contributed by atoms with van der Waals surface area (Å²) in [7, 11) is 0. The zero-order valence-corrected chi connectivity index (χ0v) is 18.3. The first-order chi connectivity index (χ1) is 14.6. The highest BCUT2D eigenvalue weighted by Gasteiger charge is 2.23. The van der Waals surface area contributed by atoms with Crippen molar-refractivity contribution in [1.29, 1.82) is 0 Å². The van der Waals surface area contributed by atoms with Gasteiger partial charge in [0, 0.05) is 36.2 Å². The Morgan fingerprint density at radius 3 is 2.57 bits per heavy atom. The van der Waals surface area contributed by atoms with Gasteiger partial charge in [0.1, 0.15) is 5.75 Å². The molecule has 0 unspecified atom stereocenters. The van der Waals surface area contributed by atoms with E-state index in [1.54, 1.807) is 4.68 Å². The van der Waals surface area contributed by atoms with Crippen molar-refractivity contribution >= 4 is 21.8 Å². The molecule has 156 valence electrons. The fourth-order valence-electron chi connectivity index (χ4n) is 3.47. The van der Waals surface area contributed by atoms with Crippen LogP contribution in [0.2, 0.25) is 0 Å². The molecule has 2 heterocycles. The van der Waals surface area contributed by atoms with E-state index in [0.717, 1.165) is 34.8 Å². The van der Waals surface area contributed by atoms with Crippen LogP contribution in [-0.2, 0) is 6.54 Å². The minimum absolute atomic E-state index is 0.0650. The highest BCUT2D eigenvalue weighted by molar-refractivity contribution is 9.10. The van der Waals surface area contributed by atoms with Crippen LogP contribution < -0.4 is 4.74 Å². The third kappa shape index (κ3) is 4.68. The molecular formula is C21H23BrN6O2. The fourth-order valence-corrected chi connectivity index (χ4v) is 3.87. The maximum absolute atomic E-state index is 12.7. The molecular weight excluding hydrogens is 448 g/mol. The van der Waals surface area contributed by atoms with Crippen molar-refractivity contribution in [3.8, 4) is 11.4 Å². The van der Waals surface area contributed by atoms with Crippen molar-refractivity contribution in [1.82, 2.24) is 30.0 Å². The number of nitrogens with zero attached hydrogens (tertiary/aromatic N) is 6. The minimum Gasteiger partial charge on any atom is -0.494 e. The fraction of sp³-hybridized carbons (Fsp3) is 0.333. The number of tetrazole rings is 1. The van der Waals surface area contributed by atoms with Crippen molar-refractivity contribution in [2.24, 2.45) is 0 Å². The van der Waals surface area contributed by atoms with Crippen molar-refractivity contribution in [2.75, 3.05) is 32.8 Å². The number of carbonyl (C=O) groups is 1. The Kier molecular flexibility index (Phi) is 6.39. The lowest BCUT2D eigenvalue weighted by Crippen LogP contribution is -2.48. The van der Waals surface area contributed by atoms with Crippen LogP contribution in [0.15, 0.2) is 53.0 Å². The van der Waals surface area contributed by atoms with Crippen LogP contribution in [0.5, 0.6) is 5.75 Å². The number of halogens is 1. The maximum Gasteiger partial charge on any atom is 0.253 e. The average Bonchev–Trinajstić information content (AvgIpc) is 3.23. The largest absolute Gasteiger partial charge is 0.494 e. The lowest BCUT2D eigenvalue weighted by Gasteiger charge is -2.34. The van der Waals surface area contributed by atoms with Gasteiger partial charge in [0.05, 0.1) is 18.8 Å². The smallest absolute Gasteiger partial charge is 0.253 e. The zero-order valence-electron chi connectivity index (χ0n) is 16.7. The molecule has 1 amide bonds. The number of ether oxygens (including phenoxy) is 1. The monoisotopic (exact) mass is 470 g/mol. The summed E-state index contributed by atoms with van der Waals surface area (Å²) in [4.78, 5) is 16.9. The topological polar surface area (TPSA) is 76.4 Å². The maximum atomic E-state index is 12.7. The van der Waals surface area contributed by atoms with Gasteiger partial charge >= 0.3 is 0 Å². The molecule has 8 nitrogen and oxygen atoms in total. The highest BCUT2D eigenvalue weighted by Crippen LogP contribution is 2.18. The quantitative estimate of drug-likeness (QED) is 0.551. The second-order valence-corrected chi connectivity index (χ2v) is 7.93. The van der Waals surface area contributed by atoms with Crippen LogP contribution in [0, 0.1) is 0 Å². The van der Waals surface area contributed by atoms with Crippen LogP contribution in [0.4, 0.5) is 0 Å². The van der Waals surface area contributed by atoms with Gasteiger partial charge in [-0.3, -0.25) is 9.69 Å². The van der Waals surface area contributed by atoms with E-state index in [1.165, 1.54) is 0 Å². The molecule has 0 spiro atoms. The van der Waals surface area contributed by atoms with Crippen LogP contribution in [0.25, 0.3) is 5.69 Å². The Labute approximate surface area is 183 Å². The summed E-state index contributed by atoms with van der Waals surface area (Å²) in [5, 5.41) is 12.2. The molecule has 0 bridgehead atoms. The van der Waals surface area contributed by atoms with E-state index in [1.807, 2.05) is 60.4 Å². The van der Waals surface area contributed by atoms with E-state index < -0.39 is 0 Å². The van der Waals surface area contributed by atoms with Crippen LogP contribution >= 0.6 is 15.9 Å². The van der Waals surface area contributed by atoms with Gasteiger partial charge in [-0.2, -0.15) is 4.68 Å². The summed E-state index contributed by atoms with van der Waals surface area (Å²) >= 11 is 3.43. The van der Waals surface area contributed by atoms with Crippen molar-refractivity contribution < 1.29 is 9.53 Å². The predicted molar refractivity (Wildman–Crippen MR) is 116 cm³/mol. The molecule has 4 rings (SSSR count). The number of amides is 1. The molecule has 1 aliphatic rings. The van der Waals surface area contributed by atoms with Gasteiger partial charge in [-0.05, 0) is 59.8 Å². The Hall–Kier alpha value is -2.78. The standard InChI is InChI=1S/C21H23BrN6O2/c1-2-30-19-8-6-18(7-9-19)28-20(23-24-25-28)15-26-10-12-27(13-11-26)21(29)16-4-3-5-17(22)14-16/h3-9,14H,2,10-13,15H2,1H3. The molecule has 1 aliphatic heterocycles. The summed E-state index contributed by atoms with van der Waals surface area (Å²) in [6.45, 7) is 6.11. The molecule has 0 N–H and O–H groups in total. The molecule has 1 fully saturated rings. The number of piperazine rings is 1. The van der Waals surface area contributed by atoms with Gasteiger partial charge in [0.15, 0.2) is 5.82 Å². The molecule has 9 heteroatoms. The van der Waals surface area contributed by atoms with Crippen molar-refractivity contribution in [3.63, 3.8) is 0 Å². The van der Waals surface area contributed by atoms with Gasteiger partial charge in [0.25, 0.3) is 5.91 Å². The number of hydrogen-bond donors (Lipinski definition) is 0. The van der Waals surface area contributed by atoms with E-state index in [4.69, 9.17) is 4.74 Å². The predicted octanol–water partition coefficient (Wildman–Crippen LogP) is 2.78. The lowest BCUT2D eigenvalue weighted by atomic mass is 10.2. The molecule has 2 aromatic carbocycles. The number of benzene rings is 2. The number of carbonyl (C=O) groups excluding carboxylic acids is 1.